The normalized spacial score (nSPS) is 10.2. The molecule has 1 aromatic heterocycles. The number of nitrogens with one attached hydrogen (secondary N) is 1. The van der Waals surface area contributed by atoms with Crippen molar-refractivity contribution in [2.24, 2.45) is 7.05 Å². The van der Waals surface area contributed by atoms with Crippen molar-refractivity contribution >= 4 is 17.6 Å². The lowest BCUT2D eigenvalue weighted by atomic mass is 10.1. The second-order valence-electron chi connectivity index (χ2n) is 4.47. The van der Waals surface area contributed by atoms with Gasteiger partial charge in [0.1, 0.15) is 5.69 Å². The number of carboxylic acid groups (broad SMARTS) is 1. The molecule has 1 heterocycles. The summed E-state index contributed by atoms with van der Waals surface area (Å²) in [5.41, 5.74) is 0.922. The zero-order chi connectivity index (χ0) is 15.6. The number of aromatic carboxylic acids is 1. The summed E-state index contributed by atoms with van der Waals surface area (Å²) < 4.78 is 1.05. The lowest BCUT2D eigenvalue weighted by Gasteiger charge is -2.09. The minimum atomic E-state index is -1.08. The molecule has 108 valence electrons. The summed E-state index contributed by atoms with van der Waals surface area (Å²) in [4.78, 5) is 34.2. The summed E-state index contributed by atoms with van der Waals surface area (Å²) in [6.45, 7) is 1.75. The van der Waals surface area contributed by atoms with Crippen molar-refractivity contribution < 1.29 is 14.7 Å². The molecular weight excluding hydrogens is 274 g/mol. The Kier molecular flexibility index (Phi) is 3.84. The van der Waals surface area contributed by atoms with Gasteiger partial charge in [-0.25, -0.2) is 9.48 Å². The van der Waals surface area contributed by atoms with Gasteiger partial charge < -0.3 is 10.4 Å². The predicted octanol–water partition coefficient (Wildman–Crippen LogP) is 1.04. The summed E-state index contributed by atoms with van der Waals surface area (Å²) in [6, 6.07) is 6.99. The number of aromatic nitrogens is 2. The summed E-state index contributed by atoms with van der Waals surface area (Å²) >= 11 is 0. The Hall–Kier alpha value is -2.96. The van der Waals surface area contributed by atoms with Gasteiger partial charge in [0.25, 0.3) is 11.5 Å². The van der Waals surface area contributed by atoms with Gasteiger partial charge in [0.2, 0.25) is 0 Å². The largest absolute Gasteiger partial charge is 0.478 e. The molecular formula is C14H13N3O4. The van der Waals surface area contributed by atoms with Crippen molar-refractivity contribution in [2.45, 2.75) is 6.92 Å². The first-order valence-electron chi connectivity index (χ1n) is 6.08. The molecule has 0 aliphatic heterocycles. The number of hydrogen-bond donors (Lipinski definition) is 2. The molecule has 0 unspecified atom stereocenters. The van der Waals surface area contributed by atoms with E-state index in [2.05, 4.69) is 10.4 Å². The smallest absolute Gasteiger partial charge is 0.335 e. The van der Waals surface area contributed by atoms with Gasteiger partial charge in [-0.3, -0.25) is 9.59 Å². The van der Waals surface area contributed by atoms with Crippen LogP contribution in [-0.4, -0.2) is 26.8 Å². The van der Waals surface area contributed by atoms with Gasteiger partial charge in [-0.15, -0.1) is 0 Å². The molecule has 0 aliphatic rings. The summed E-state index contributed by atoms with van der Waals surface area (Å²) in [5.74, 6) is -1.60. The summed E-state index contributed by atoms with van der Waals surface area (Å²) in [6.07, 6.45) is 0. The summed E-state index contributed by atoms with van der Waals surface area (Å²) in [5, 5.41) is 15.4. The van der Waals surface area contributed by atoms with Gasteiger partial charge in [-0.2, -0.15) is 5.10 Å². The van der Waals surface area contributed by atoms with E-state index in [9.17, 15) is 14.4 Å². The van der Waals surface area contributed by atoms with Crippen LogP contribution < -0.4 is 10.9 Å². The molecule has 2 rings (SSSR count). The van der Waals surface area contributed by atoms with E-state index in [4.69, 9.17) is 5.11 Å². The van der Waals surface area contributed by atoms with Crippen LogP contribution in [0.15, 0.2) is 35.1 Å². The number of aryl methyl sites for hydroxylation is 2. The topological polar surface area (TPSA) is 101 Å². The predicted molar refractivity (Wildman–Crippen MR) is 75.6 cm³/mol. The van der Waals surface area contributed by atoms with Gasteiger partial charge in [-0.05, 0) is 30.7 Å². The second kappa shape index (κ2) is 5.58. The van der Waals surface area contributed by atoms with Crippen LogP contribution in [0.4, 0.5) is 5.69 Å². The number of carbonyl (C=O) groups is 2. The van der Waals surface area contributed by atoms with Gasteiger partial charge in [0.05, 0.1) is 5.56 Å². The van der Waals surface area contributed by atoms with Crippen molar-refractivity contribution in [1.82, 2.24) is 9.78 Å². The SMILES string of the molecule is Cc1ccc(C(=O)O)cc1NC(=O)c1ccc(=O)n(C)n1. The maximum atomic E-state index is 12.1. The van der Waals surface area contributed by atoms with Crippen LogP contribution in [0, 0.1) is 6.92 Å². The Morgan fingerprint density at radius 3 is 2.57 bits per heavy atom. The third kappa shape index (κ3) is 3.14. The van der Waals surface area contributed by atoms with E-state index >= 15 is 0 Å². The molecule has 0 saturated carbocycles. The fourth-order valence-corrected chi connectivity index (χ4v) is 1.70. The van der Waals surface area contributed by atoms with Gasteiger partial charge in [0.15, 0.2) is 0 Å². The molecule has 2 aromatic rings. The van der Waals surface area contributed by atoms with E-state index in [-0.39, 0.29) is 16.8 Å². The van der Waals surface area contributed by atoms with E-state index in [1.54, 1.807) is 13.0 Å². The van der Waals surface area contributed by atoms with Crippen molar-refractivity contribution in [3.8, 4) is 0 Å². The Bertz CT molecular complexity index is 780. The first-order valence-corrected chi connectivity index (χ1v) is 6.08. The molecule has 0 aliphatic carbocycles. The standard InChI is InChI=1S/C14H13N3O4/c1-8-3-4-9(14(20)21)7-11(8)15-13(19)10-5-6-12(18)17(2)16-10/h3-7H,1-2H3,(H,15,19)(H,20,21). The Morgan fingerprint density at radius 1 is 1.24 bits per heavy atom. The van der Waals surface area contributed by atoms with E-state index in [1.165, 1.54) is 31.3 Å². The number of carboxylic acids is 1. The Balaban J connectivity index is 2.30. The van der Waals surface area contributed by atoms with E-state index in [0.29, 0.717) is 5.69 Å². The minimum absolute atomic E-state index is 0.0669. The molecule has 1 amide bonds. The third-order valence-corrected chi connectivity index (χ3v) is 2.93. The molecule has 2 N–H and O–H groups in total. The van der Waals surface area contributed by atoms with Crippen molar-refractivity contribution in [3.05, 3.63) is 57.5 Å². The number of anilines is 1. The first-order chi connectivity index (χ1) is 9.88. The number of hydrogen-bond acceptors (Lipinski definition) is 4. The number of nitrogens with zero attached hydrogens (tertiary/aromatic N) is 2. The fraction of sp³-hybridized carbons (Fsp3) is 0.143. The zero-order valence-electron chi connectivity index (χ0n) is 11.5. The van der Waals surface area contributed by atoms with Crippen LogP contribution >= 0.6 is 0 Å². The average molecular weight is 287 g/mol. The third-order valence-electron chi connectivity index (χ3n) is 2.93. The molecule has 0 fully saturated rings. The van der Waals surface area contributed by atoms with Crippen LogP contribution in [0.25, 0.3) is 0 Å². The van der Waals surface area contributed by atoms with Crippen LogP contribution in [0.2, 0.25) is 0 Å². The molecule has 21 heavy (non-hydrogen) atoms. The van der Waals surface area contributed by atoms with Crippen LogP contribution in [0.5, 0.6) is 0 Å². The quantitative estimate of drug-likeness (QED) is 0.878. The fourth-order valence-electron chi connectivity index (χ4n) is 1.70. The van der Waals surface area contributed by atoms with Crippen molar-refractivity contribution in [2.75, 3.05) is 5.32 Å². The van der Waals surface area contributed by atoms with Gasteiger partial charge in [-0.1, -0.05) is 6.07 Å². The highest BCUT2D eigenvalue weighted by molar-refractivity contribution is 6.03. The number of carbonyl (C=O) groups excluding carboxylic acids is 1. The Morgan fingerprint density at radius 2 is 1.95 bits per heavy atom. The molecule has 0 bridgehead atoms. The molecule has 1 aromatic carbocycles. The van der Waals surface area contributed by atoms with Crippen molar-refractivity contribution in [3.63, 3.8) is 0 Å². The van der Waals surface area contributed by atoms with Crippen LogP contribution in [-0.2, 0) is 7.05 Å². The Labute approximate surface area is 119 Å². The average Bonchev–Trinajstić information content (AvgIpc) is 2.43. The molecule has 0 atom stereocenters. The molecule has 0 spiro atoms. The highest BCUT2D eigenvalue weighted by atomic mass is 16.4. The zero-order valence-corrected chi connectivity index (χ0v) is 11.5. The minimum Gasteiger partial charge on any atom is -0.478 e. The number of rotatable bonds is 3. The first kappa shape index (κ1) is 14.4. The van der Waals surface area contributed by atoms with E-state index in [1.807, 2.05) is 0 Å². The molecule has 7 heteroatoms. The highest BCUT2D eigenvalue weighted by Crippen LogP contribution is 2.17. The maximum Gasteiger partial charge on any atom is 0.335 e. The number of benzene rings is 1. The van der Waals surface area contributed by atoms with E-state index < -0.39 is 11.9 Å². The van der Waals surface area contributed by atoms with Gasteiger partial charge in [0, 0.05) is 18.8 Å². The molecule has 7 nitrogen and oxygen atoms in total. The van der Waals surface area contributed by atoms with Crippen molar-refractivity contribution in [1.29, 1.82) is 0 Å². The van der Waals surface area contributed by atoms with E-state index in [0.717, 1.165) is 10.2 Å². The molecule has 0 radical (unpaired) electrons. The van der Waals surface area contributed by atoms with Crippen LogP contribution in [0.3, 0.4) is 0 Å². The lowest BCUT2D eigenvalue weighted by molar-refractivity contribution is 0.0696. The van der Waals surface area contributed by atoms with Gasteiger partial charge >= 0.3 is 5.97 Å². The molecule has 0 saturated heterocycles. The maximum absolute atomic E-state index is 12.1. The summed E-state index contributed by atoms with van der Waals surface area (Å²) in [7, 11) is 1.44. The highest BCUT2D eigenvalue weighted by Gasteiger charge is 2.12. The monoisotopic (exact) mass is 287 g/mol. The van der Waals surface area contributed by atoms with Crippen LogP contribution in [0.1, 0.15) is 26.4 Å². The second-order valence-corrected chi connectivity index (χ2v) is 4.47. The number of amides is 1. The lowest BCUT2D eigenvalue weighted by Crippen LogP contribution is -2.23.